The molecule has 0 saturated carbocycles. The summed E-state index contributed by atoms with van der Waals surface area (Å²) in [4.78, 5) is 7.01. The fourth-order valence-corrected chi connectivity index (χ4v) is 2.81. The van der Waals surface area contributed by atoms with Crippen molar-refractivity contribution in [2.45, 2.75) is 26.4 Å². The number of benzene rings is 1. The van der Waals surface area contributed by atoms with Gasteiger partial charge >= 0.3 is 0 Å². The van der Waals surface area contributed by atoms with E-state index in [2.05, 4.69) is 52.5 Å². The number of rotatable bonds is 3. The lowest BCUT2D eigenvalue weighted by Crippen LogP contribution is -2.31. The quantitative estimate of drug-likeness (QED) is 0.926. The second kappa shape index (κ2) is 5.63. The highest BCUT2D eigenvalue weighted by Gasteiger charge is 2.17. The Hall–Kier alpha value is -1.87. The van der Waals surface area contributed by atoms with Gasteiger partial charge < -0.3 is 10.2 Å². The van der Waals surface area contributed by atoms with E-state index in [9.17, 15) is 0 Å². The molecule has 3 nitrogen and oxygen atoms in total. The molecule has 3 rings (SSSR count). The summed E-state index contributed by atoms with van der Waals surface area (Å²) in [5.41, 5.74) is 5.49. The normalized spacial score (nSPS) is 14.2. The standard InChI is InChI=1S/C17H21N3/c1-13-9-17(19-11-16(13)10-18-2)20-8-7-14-5-3-4-6-15(14)12-20/h3-6,9,11,18H,7-8,10,12H2,1-2H3. The van der Waals surface area contributed by atoms with Crippen LogP contribution in [0, 0.1) is 6.92 Å². The van der Waals surface area contributed by atoms with Crippen molar-refractivity contribution in [2.24, 2.45) is 0 Å². The summed E-state index contributed by atoms with van der Waals surface area (Å²) >= 11 is 0. The van der Waals surface area contributed by atoms with Gasteiger partial charge in [-0.3, -0.25) is 0 Å². The van der Waals surface area contributed by atoms with Crippen LogP contribution in [-0.2, 0) is 19.5 Å². The minimum absolute atomic E-state index is 0.877. The highest BCUT2D eigenvalue weighted by Crippen LogP contribution is 2.24. The second-order valence-electron chi connectivity index (χ2n) is 5.44. The number of nitrogens with one attached hydrogen (secondary N) is 1. The van der Waals surface area contributed by atoms with Gasteiger partial charge in [0.05, 0.1) is 0 Å². The molecule has 0 saturated heterocycles. The Morgan fingerprint density at radius 3 is 2.80 bits per heavy atom. The molecule has 0 bridgehead atoms. The summed E-state index contributed by atoms with van der Waals surface area (Å²) in [6, 6.07) is 10.9. The number of pyridine rings is 1. The Labute approximate surface area is 120 Å². The Morgan fingerprint density at radius 2 is 2.05 bits per heavy atom. The summed E-state index contributed by atoms with van der Waals surface area (Å²) in [6.07, 6.45) is 3.11. The first-order valence-electron chi connectivity index (χ1n) is 7.20. The first-order chi connectivity index (χ1) is 9.78. The number of fused-ring (bicyclic) bond motifs is 1. The third-order valence-corrected chi connectivity index (χ3v) is 4.03. The minimum Gasteiger partial charge on any atom is -0.352 e. The summed E-state index contributed by atoms with van der Waals surface area (Å²) in [7, 11) is 1.97. The molecule has 1 aromatic carbocycles. The Balaban J connectivity index is 1.83. The van der Waals surface area contributed by atoms with Crippen molar-refractivity contribution in [3.8, 4) is 0 Å². The molecule has 1 aromatic heterocycles. The summed E-state index contributed by atoms with van der Waals surface area (Å²) < 4.78 is 0. The zero-order valence-electron chi connectivity index (χ0n) is 12.2. The smallest absolute Gasteiger partial charge is 0.129 e. The van der Waals surface area contributed by atoms with Gasteiger partial charge in [-0.25, -0.2) is 4.98 Å². The average Bonchev–Trinajstić information content (AvgIpc) is 2.49. The SMILES string of the molecule is CNCc1cnc(N2CCc3ccccc3C2)cc1C. The molecule has 0 aliphatic carbocycles. The lowest BCUT2D eigenvalue weighted by atomic mass is 10.00. The van der Waals surface area contributed by atoms with Crippen molar-refractivity contribution < 1.29 is 0 Å². The monoisotopic (exact) mass is 267 g/mol. The first-order valence-corrected chi connectivity index (χ1v) is 7.20. The predicted molar refractivity (Wildman–Crippen MR) is 82.9 cm³/mol. The predicted octanol–water partition coefficient (Wildman–Crippen LogP) is 2.67. The lowest BCUT2D eigenvalue weighted by Gasteiger charge is -2.30. The van der Waals surface area contributed by atoms with Gasteiger partial charge in [-0.2, -0.15) is 0 Å². The van der Waals surface area contributed by atoms with Crippen LogP contribution in [0.3, 0.4) is 0 Å². The van der Waals surface area contributed by atoms with E-state index in [1.807, 2.05) is 13.2 Å². The third-order valence-electron chi connectivity index (χ3n) is 4.03. The Morgan fingerprint density at radius 1 is 1.25 bits per heavy atom. The van der Waals surface area contributed by atoms with E-state index in [0.29, 0.717) is 0 Å². The molecule has 20 heavy (non-hydrogen) atoms. The van der Waals surface area contributed by atoms with E-state index < -0.39 is 0 Å². The van der Waals surface area contributed by atoms with E-state index in [-0.39, 0.29) is 0 Å². The fourth-order valence-electron chi connectivity index (χ4n) is 2.81. The van der Waals surface area contributed by atoms with E-state index in [4.69, 9.17) is 0 Å². The molecule has 1 aliphatic rings. The zero-order chi connectivity index (χ0) is 13.9. The number of anilines is 1. The number of hydrogen-bond acceptors (Lipinski definition) is 3. The molecule has 0 fully saturated rings. The molecular weight excluding hydrogens is 246 g/mol. The van der Waals surface area contributed by atoms with Gasteiger partial charge in [0.25, 0.3) is 0 Å². The number of aromatic nitrogens is 1. The highest BCUT2D eigenvalue weighted by atomic mass is 15.2. The largest absolute Gasteiger partial charge is 0.352 e. The van der Waals surface area contributed by atoms with Crippen LogP contribution >= 0.6 is 0 Å². The fraction of sp³-hybridized carbons (Fsp3) is 0.353. The van der Waals surface area contributed by atoms with E-state index in [1.54, 1.807) is 0 Å². The van der Waals surface area contributed by atoms with Crippen molar-refractivity contribution in [1.82, 2.24) is 10.3 Å². The van der Waals surface area contributed by atoms with Crippen molar-refractivity contribution in [3.63, 3.8) is 0 Å². The van der Waals surface area contributed by atoms with Crippen molar-refractivity contribution in [3.05, 3.63) is 58.8 Å². The molecule has 0 unspecified atom stereocenters. The van der Waals surface area contributed by atoms with Crippen LogP contribution in [-0.4, -0.2) is 18.6 Å². The van der Waals surface area contributed by atoms with Crippen LogP contribution in [0.5, 0.6) is 0 Å². The van der Waals surface area contributed by atoms with Crippen LogP contribution in [0.2, 0.25) is 0 Å². The molecule has 0 radical (unpaired) electrons. The first kappa shape index (κ1) is 13.1. The maximum atomic E-state index is 4.64. The van der Waals surface area contributed by atoms with E-state index in [0.717, 1.165) is 31.9 Å². The second-order valence-corrected chi connectivity index (χ2v) is 5.44. The average molecular weight is 267 g/mol. The van der Waals surface area contributed by atoms with Gasteiger partial charge in [0, 0.05) is 25.8 Å². The van der Waals surface area contributed by atoms with Crippen molar-refractivity contribution in [1.29, 1.82) is 0 Å². The van der Waals surface area contributed by atoms with Crippen LogP contribution < -0.4 is 10.2 Å². The van der Waals surface area contributed by atoms with Crippen LogP contribution in [0.25, 0.3) is 0 Å². The molecule has 1 N–H and O–H groups in total. The maximum absolute atomic E-state index is 4.64. The Bertz CT molecular complexity index is 607. The third kappa shape index (κ3) is 2.54. The number of aryl methyl sites for hydroxylation is 1. The summed E-state index contributed by atoms with van der Waals surface area (Å²) in [5.74, 6) is 1.09. The zero-order valence-corrected chi connectivity index (χ0v) is 12.2. The van der Waals surface area contributed by atoms with Crippen molar-refractivity contribution >= 4 is 5.82 Å². The topological polar surface area (TPSA) is 28.2 Å². The van der Waals surface area contributed by atoms with Crippen molar-refractivity contribution in [2.75, 3.05) is 18.5 Å². The molecule has 3 heteroatoms. The van der Waals surface area contributed by atoms with Gasteiger partial charge in [-0.1, -0.05) is 24.3 Å². The molecular formula is C17H21N3. The summed E-state index contributed by atoms with van der Waals surface area (Å²) in [5, 5.41) is 3.18. The molecule has 0 amide bonds. The van der Waals surface area contributed by atoms with Gasteiger partial charge in [0.15, 0.2) is 0 Å². The molecule has 0 spiro atoms. The van der Waals surface area contributed by atoms with E-state index >= 15 is 0 Å². The van der Waals surface area contributed by atoms with Crippen LogP contribution in [0.4, 0.5) is 5.82 Å². The van der Waals surface area contributed by atoms with Crippen LogP contribution in [0.15, 0.2) is 36.5 Å². The molecule has 1 aliphatic heterocycles. The van der Waals surface area contributed by atoms with Gasteiger partial charge in [0.2, 0.25) is 0 Å². The van der Waals surface area contributed by atoms with Gasteiger partial charge in [-0.15, -0.1) is 0 Å². The highest BCUT2D eigenvalue weighted by molar-refractivity contribution is 5.47. The van der Waals surface area contributed by atoms with Crippen LogP contribution in [0.1, 0.15) is 22.3 Å². The molecule has 0 atom stereocenters. The van der Waals surface area contributed by atoms with Gasteiger partial charge in [0.1, 0.15) is 5.82 Å². The molecule has 2 heterocycles. The lowest BCUT2D eigenvalue weighted by molar-refractivity contribution is 0.718. The molecule has 2 aromatic rings. The Kier molecular flexibility index (Phi) is 3.70. The number of nitrogens with zero attached hydrogens (tertiary/aromatic N) is 2. The van der Waals surface area contributed by atoms with Gasteiger partial charge in [-0.05, 0) is 48.7 Å². The number of hydrogen-bond donors (Lipinski definition) is 1. The summed E-state index contributed by atoms with van der Waals surface area (Å²) in [6.45, 7) is 5.06. The van der Waals surface area contributed by atoms with E-state index in [1.165, 1.54) is 22.3 Å². The minimum atomic E-state index is 0.877. The molecule has 104 valence electrons. The maximum Gasteiger partial charge on any atom is 0.129 e.